The van der Waals surface area contributed by atoms with Crippen molar-refractivity contribution in [2.24, 2.45) is 0 Å². The van der Waals surface area contributed by atoms with Gasteiger partial charge in [-0.15, -0.1) is 0 Å². The van der Waals surface area contributed by atoms with Crippen LogP contribution in [-0.2, 0) is 16.6 Å². The second kappa shape index (κ2) is 3.96. The maximum absolute atomic E-state index is 10.6. The Morgan fingerprint density at radius 3 is 2.47 bits per heavy atom. The maximum atomic E-state index is 10.6. The van der Waals surface area contributed by atoms with Gasteiger partial charge in [0.1, 0.15) is 5.82 Å². The highest BCUT2D eigenvalue weighted by Crippen LogP contribution is 2.18. The van der Waals surface area contributed by atoms with E-state index in [1.165, 1.54) is 0 Å². The Labute approximate surface area is 89.4 Å². The molecule has 1 rings (SSSR count). The molecule has 0 radical (unpaired) electrons. The van der Waals surface area contributed by atoms with Crippen molar-refractivity contribution < 1.29 is 9.90 Å². The lowest BCUT2D eigenvalue weighted by Crippen LogP contribution is -2.18. The minimum absolute atomic E-state index is 0.0492. The highest BCUT2D eigenvalue weighted by atomic mass is 16.4. The van der Waals surface area contributed by atoms with E-state index in [4.69, 9.17) is 5.11 Å². The number of carboxylic acid groups (broad SMARTS) is 1. The van der Waals surface area contributed by atoms with Gasteiger partial charge in [-0.1, -0.05) is 20.8 Å². The summed E-state index contributed by atoms with van der Waals surface area (Å²) in [6.07, 6.45) is -0.0492. The van der Waals surface area contributed by atoms with Gasteiger partial charge in [-0.05, 0) is 13.0 Å². The number of nitrogens with zero attached hydrogens (tertiary/aromatic N) is 2. The molecule has 0 aliphatic carbocycles. The van der Waals surface area contributed by atoms with E-state index in [0.717, 1.165) is 5.69 Å². The number of aryl methyl sites for hydroxylation is 1. The lowest BCUT2D eigenvalue weighted by atomic mass is 9.95. The van der Waals surface area contributed by atoms with Crippen molar-refractivity contribution in [3.05, 3.63) is 23.3 Å². The Bertz CT molecular complexity index is 381. The summed E-state index contributed by atoms with van der Waals surface area (Å²) in [5.74, 6) is -0.174. The van der Waals surface area contributed by atoms with Gasteiger partial charge < -0.3 is 5.11 Å². The number of aliphatic carboxylic acids is 1. The fourth-order valence-electron chi connectivity index (χ4n) is 1.21. The van der Waals surface area contributed by atoms with Crippen molar-refractivity contribution in [1.82, 2.24) is 9.97 Å². The normalized spacial score (nSPS) is 11.5. The first-order chi connectivity index (χ1) is 6.79. The molecule has 4 nitrogen and oxygen atoms in total. The zero-order valence-electron chi connectivity index (χ0n) is 9.53. The summed E-state index contributed by atoms with van der Waals surface area (Å²) >= 11 is 0. The van der Waals surface area contributed by atoms with Gasteiger partial charge in [-0.2, -0.15) is 0 Å². The zero-order chi connectivity index (χ0) is 11.6. The number of carbonyl (C=O) groups is 1. The summed E-state index contributed by atoms with van der Waals surface area (Å²) in [6, 6.07) is 1.71. The number of rotatable bonds is 2. The van der Waals surface area contributed by atoms with Crippen LogP contribution in [0.25, 0.3) is 0 Å². The molecule has 0 bridgehead atoms. The molecule has 0 fully saturated rings. The van der Waals surface area contributed by atoms with Gasteiger partial charge in [0.05, 0.1) is 12.1 Å². The van der Waals surface area contributed by atoms with E-state index in [9.17, 15) is 4.79 Å². The summed E-state index contributed by atoms with van der Waals surface area (Å²) in [6.45, 7) is 7.87. The zero-order valence-corrected chi connectivity index (χ0v) is 9.53. The van der Waals surface area contributed by atoms with E-state index in [0.29, 0.717) is 11.5 Å². The van der Waals surface area contributed by atoms with E-state index >= 15 is 0 Å². The highest BCUT2D eigenvalue weighted by Gasteiger charge is 2.18. The number of hydrogen-bond acceptors (Lipinski definition) is 3. The van der Waals surface area contributed by atoms with Gasteiger partial charge >= 0.3 is 5.97 Å². The van der Waals surface area contributed by atoms with Crippen LogP contribution in [-0.4, -0.2) is 21.0 Å². The Morgan fingerprint density at radius 1 is 1.40 bits per heavy atom. The number of aromatic nitrogens is 2. The van der Waals surface area contributed by atoms with Gasteiger partial charge in [0.15, 0.2) is 0 Å². The van der Waals surface area contributed by atoms with Crippen molar-refractivity contribution in [2.75, 3.05) is 0 Å². The molecule has 0 amide bonds. The van der Waals surface area contributed by atoms with Crippen molar-refractivity contribution >= 4 is 5.97 Å². The average molecular weight is 208 g/mol. The van der Waals surface area contributed by atoms with Crippen LogP contribution < -0.4 is 0 Å². The predicted molar refractivity (Wildman–Crippen MR) is 56.8 cm³/mol. The molecule has 0 aromatic carbocycles. The fourth-order valence-corrected chi connectivity index (χ4v) is 1.21. The quantitative estimate of drug-likeness (QED) is 0.803. The van der Waals surface area contributed by atoms with Crippen molar-refractivity contribution in [3.8, 4) is 0 Å². The molecule has 0 saturated carbocycles. The second-order valence-electron chi connectivity index (χ2n) is 4.64. The maximum Gasteiger partial charge on any atom is 0.309 e. The third-order valence-corrected chi connectivity index (χ3v) is 1.91. The van der Waals surface area contributed by atoms with E-state index in [-0.39, 0.29) is 11.8 Å². The van der Waals surface area contributed by atoms with Crippen molar-refractivity contribution in [3.63, 3.8) is 0 Å². The molecule has 1 aromatic rings. The van der Waals surface area contributed by atoms with Crippen LogP contribution in [0.1, 0.15) is 38.0 Å². The summed E-state index contributed by atoms with van der Waals surface area (Å²) < 4.78 is 0. The molecule has 0 unspecified atom stereocenters. The molecule has 1 N–H and O–H groups in total. The van der Waals surface area contributed by atoms with Crippen molar-refractivity contribution in [2.45, 2.75) is 39.5 Å². The minimum atomic E-state index is -0.868. The molecule has 4 heteroatoms. The Kier molecular flexibility index (Phi) is 3.07. The van der Waals surface area contributed by atoms with Crippen LogP contribution in [0.15, 0.2) is 6.07 Å². The van der Waals surface area contributed by atoms with Crippen LogP contribution in [0.3, 0.4) is 0 Å². The molecular formula is C11H16N2O2. The molecule has 82 valence electrons. The van der Waals surface area contributed by atoms with Crippen LogP contribution in [0.4, 0.5) is 0 Å². The Hall–Kier alpha value is -1.45. The third kappa shape index (κ3) is 3.31. The van der Waals surface area contributed by atoms with Crippen LogP contribution >= 0.6 is 0 Å². The Morgan fingerprint density at radius 2 is 2.00 bits per heavy atom. The summed E-state index contributed by atoms with van der Waals surface area (Å²) in [5.41, 5.74) is 1.23. The molecule has 0 atom stereocenters. The van der Waals surface area contributed by atoms with Gasteiger partial charge in [0.2, 0.25) is 0 Å². The molecule has 0 spiro atoms. The molecule has 0 aliphatic heterocycles. The van der Waals surface area contributed by atoms with Crippen LogP contribution in [0.2, 0.25) is 0 Å². The molecule has 1 heterocycles. The number of carboxylic acids is 1. The predicted octanol–water partition coefficient (Wildman–Crippen LogP) is 1.71. The van der Waals surface area contributed by atoms with E-state index in [1.54, 1.807) is 6.07 Å². The van der Waals surface area contributed by atoms with E-state index < -0.39 is 5.97 Å². The number of hydrogen-bond donors (Lipinski definition) is 1. The van der Waals surface area contributed by atoms with E-state index in [2.05, 4.69) is 9.97 Å². The highest BCUT2D eigenvalue weighted by molar-refractivity contribution is 5.69. The SMILES string of the molecule is Cc1cc(CC(=O)O)nc(C(C)(C)C)n1. The molecule has 1 aromatic heterocycles. The van der Waals surface area contributed by atoms with Crippen LogP contribution in [0.5, 0.6) is 0 Å². The van der Waals surface area contributed by atoms with E-state index in [1.807, 2.05) is 27.7 Å². The fraction of sp³-hybridized carbons (Fsp3) is 0.545. The largest absolute Gasteiger partial charge is 0.481 e. The first-order valence-electron chi connectivity index (χ1n) is 4.86. The molecule has 0 aliphatic rings. The lowest BCUT2D eigenvalue weighted by Gasteiger charge is -2.17. The average Bonchev–Trinajstić information content (AvgIpc) is 1.99. The first-order valence-corrected chi connectivity index (χ1v) is 4.86. The summed E-state index contributed by atoms with van der Waals surface area (Å²) in [7, 11) is 0. The minimum Gasteiger partial charge on any atom is -0.481 e. The summed E-state index contributed by atoms with van der Waals surface area (Å²) in [4.78, 5) is 19.1. The van der Waals surface area contributed by atoms with Gasteiger partial charge in [-0.3, -0.25) is 4.79 Å². The van der Waals surface area contributed by atoms with Gasteiger partial charge in [0.25, 0.3) is 0 Å². The second-order valence-corrected chi connectivity index (χ2v) is 4.64. The van der Waals surface area contributed by atoms with Gasteiger partial charge in [-0.25, -0.2) is 9.97 Å². The Balaban J connectivity index is 3.11. The smallest absolute Gasteiger partial charge is 0.309 e. The van der Waals surface area contributed by atoms with Crippen molar-refractivity contribution in [1.29, 1.82) is 0 Å². The standard InChI is InChI=1S/C11H16N2O2/c1-7-5-8(6-9(14)15)13-10(12-7)11(2,3)4/h5H,6H2,1-4H3,(H,14,15). The van der Waals surface area contributed by atoms with Crippen LogP contribution in [0, 0.1) is 6.92 Å². The first kappa shape index (κ1) is 11.6. The molecule has 15 heavy (non-hydrogen) atoms. The topological polar surface area (TPSA) is 63.1 Å². The third-order valence-electron chi connectivity index (χ3n) is 1.91. The molecule has 0 saturated heterocycles. The van der Waals surface area contributed by atoms with Gasteiger partial charge in [0, 0.05) is 11.1 Å². The monoisotopic (exact) mass is 208 g/mol. The lowest BCUT2D eigenvalue weighted by molar-refractivity contribution is -0.136. The summed E-state index contributed by atoms with van der Waals surface area (Å²) in [5, 5.41) is 8.69. The molecular weight excluding hydrogens is 192 g/mol.